The fraction of sp³-hybridized carbons (Fsp3) is 0.0714. The second kappa shape index (κ2) is 3.95. The summed E-state index contributed by atoms with van der Waals surface area (Å²) in [5.41, 5.74) is 6.09. The smallest absolute Gasteiger partial charge is 0.176 e. The third kappa shape index (κ3) is 1.64. The number of carbonyl (C=O) groups is 1. The van der Waals surface area contributed by atoms with Crippen LogP contribution in [0.2, 0.25) is 0 Å². The summed E-state index contributed by atoms with van der Waals surface area (Å²) < 4.78 is 2.46. The van der Waals surface area contributed by atoms with Crippen LogP contribution in [-0.2, 0) is 0 Å². The molecule has 0 fully saturated rings. The minimum Gasteiger partial charge on any atom is -0.324 e. The van der Waals surface area contributed by atoms with E-state index in [-0.39, 0.29) is 12.3 Å². The van der Waals surface area contributed by atoms with Crippen LogP contribution in [0.4, 0.5) is 0 Å². The monoisotopic (exact) mass is 241 g/mol. The van der Waals surface area contributed by atoms with Gasteiger partial charge in [-0.05, 0) is 24.3 Å². The van der Waals surface area contributed by atoms with Crippen LogP contribution < -0.4 is 5.73 Å². The fourth-order valence-electron chi connectivity index (χ4n) is 2.02. The summed E-state index contributed by atoms with van der Waals surface area (Å²) in [6, 6.07) is 14.0. The molecule has 2 nitrogen and oxygen atoms in total. The lowest BCUT2D eigenvalue weighted by Gasteiger charge is -1.98. The molecular formula is C14H11NOS. The molecule has 0 saturated heterocycles. The first kappa shape index (κ1) is 10.4. The molecule has 1 heterocycles. The van der Waals surface area contributed by atoms with Crippen molar-refractivity contribution in [2.24, 2.45) is 5.73 Å². The van der Waals surface area contributed by atoms with Gasteiger partial charge in [-0.15, -0.1) is 11.3 Å². The van der Waals surface area contributed by atoms with Crippen molar-refractivity contribution in [3.05, 3.63) is 48.0 Å². The first-order chi connectivity index (χ1) is 8.29. The van der Waals surface area contributed by atoms with E-state index in [9.17, 15) is 4.79 Å². The number of hydrogen-bond donors (Lipinski definition) is 1. The first-order valence-electron chi connectivity index (χ1n) is 5.44. The number of ketones is 1. The Morgan fingerprint density at radius 1 is 1.06 bits per heavy atom. The summed E-state index contributed by atoms with van der Waals surface area (Å²) in [6.07, 6.45) is 0. The van der Waals surface area contributed by atoms with Crippen molar-refractivity contribution >= 4 is 37.3 Å². The van der Waals surface area contributed by atoms with Gasteiger partial charge in [-0.2, -0.15) is 0 Å². The fourth-order valence-corrected chi connectivity index (χ4v) is 3.10. The Kier molecular flexibility index (Phi) is 2.42. The molecule has 3 rings (SSSR count). The Hall–Kier alpha value is -1.71. The third-order valence-electron chi connectivity index (χ3n) is 2.88. The van der Waals surface area contributed by atoms with Gasteiger partial charge >= 0.3 is 0 Å². The molecule has 17 heavy (non-hydrogen) atoms. The standard InChI is InChI=1S/C14H11NOS/c15-8-12(16)9-5-6-14-11(7-9)10-3-1-2-4-13(10)17-14/h1-7H,8,15H2. The van der Waals surface area contributed by atoms with Gasteiger partial charge in [0.05, 0.1) is 6.54 Å². The minimum atomic E-state index is -0.0119. The Morgan fingerprint density at radius 2 is 1.82 bits per heavy atom. The Labute approximate surface area is 103 Å². The summed E-state index contributed by atoms with van der Waals surface area (Å²) in [5, 5.41) is 2.35. The zero-order valence-electron chi connectivity index (χ0n) is 9.14. The normalized spacial score (nSPS) is 11.1. The summed E-state index contributed by atoms with van der Waals surface area (Å²) in [7, 11) is 0. The first-order valence-corrected chi connectivity index (χ1v) is 6.26. The van der Waals surface area contributed by atoms with Gasteiger partial charge in [0.15, 0.2) is 5.78 Å². The van der Waals surface area contributed by atoms with Gasteiger partial charge in [0.2, 0.25) is 0 Å². The second-order valence-electron chi connectivity index (χ2n) is 3.94. The largest absolute Gasteiger partial charge is 0.324 e. The van der Waals surface area contributed by atoms with Gasteiger partial charge < -0.3 is 5.73 Å². The summed E-state index contributed by atoms with van der Waals surface area (Å²) >= 11 is 1.75. The third-order valence-corrected chi connectivity index (χ3v) is 4.04. The number of fused-ring (bicyclic) bond motifs is 3. The topological polar surface area (TPSA) is 43.1 Å². The highest BCUT2D eigenvalue weighted by atomic mass is 32.1. The van der Waals surface area contributed by atoms with E-state index in [0.717, 1.165) is 5.39 Å². The predicted octanol–water partition coefficient (Wildman–Crippen LogP) is 3.20. The number of thiophene rings is 1. The number of rotatable bonds is 2. The number of carbonyl (C=O) groups excluding carboxylic acids is 1. The van der Waals surface area contributed by atoms with Gasteiger partial charge in [0.25, 0.3) is 0 Å². The highest BCUT2D eigenvalue weighted by Crippen LogP contribution is 2.33. The molecule has 0 radical (unpaired) electrons. The van der Waals surface area contributed by atoms with E-state index >= 15 is 0 Å². The second-order valence-corrected chi connectivity index (χ2v) is 5.02. The van der Waals surface area contributed by atoms with Crippen molar-refractivity contribution in [3.63, 3.8) is 0 Å². The Balaban J connectivity index is 2.33. The maximum absolute atomic E-state index is 11.6. The zero-order chi connectivity index (χ0) is 11.8. The van der Waals surface area contributed by atoms with E-state index in [1.165, 1.54) is 14.8 Å². The molecule has 0 atom stereocenters. The van der Waals surface area contributed by atoms with Crippen molar-refractivity contribution in [1.29, 1.82) is 0 Å². The molecule has 0 bridgehead atoms. The molecule has 2 aromatic carbocycles. The van der Waals surface area contributed by atoms with Crippen molar-refractivity contribution in [3.8, 4) is 0 Å². The van der Waals surface area contributed by atoms with Crippen LogP contribution in [0, 0.1) is 0 Å². The molecule has 0 aliphatic rings. The van der Waals surface area contributed by atoms with Crippen LogP contribution >= 0.6 is 11.3 Å². The summed E-state index contributed by atoms with van der Waals surface area (Å²) in [6.45, 7) is 0.0631. The van der Waals surface area contributed by atoms with Gasteiger partial charge in [-0.3, -0.25) is 4.79 Å². The number of Topliss-reactive ketones (excluding diaryl/α,β-unsaturated/α-hetero) is 1. The summed E-state index contributed by atoms with van der Waals surface area (Å²) in [4.78, 5) is 11.6. The lowest BCUT2D eigenvalue weighted by molar-refractivity contribution is 0.100. The van der Waals surface area contributed by atoms with Crippen LogP contribution in [0.3, 0.4) is 0 Å². The molecule has 3 aromatic rings. The van der Waals surface area contributed by atoms with Crippen LogP contribution in [0.5, 0.6) is 0 Å². The van der Waals surface area contributed by atoms with Crippen molar-refractivity contribution in [2.75, 3.05) is 6.54 Å². The Bertz CT molecular complexity index is 714. The molecule has 84 valence electrons. The van der Waals surface area contributed by atoms with Crippen molar-refractivity contribution in [1.82, 2.24) is 0 Å². The Morgan fingerprint density at radius 3 is 2.65 bits per heavy atom. The molecule has 1 aromatic heterocycles. The van der Waals surface area contributed by atoms with Crippen LogP contribution in [0.1, 0.15) is 10.4 Å². The van der Waals surface area contributed by atoms with Crippen LogP contribution in [-0.4, -0.2) is 12.3 Å². The summed E-state index contributed by atoms with van der Waals surface area (Å²) in [5.74, 6) is -0.0119. The molecule has 3 heteroatoms. The quantitative estimate of drug-likeness (QED) is 0.700. The van der Waals surface area contributed by atoms with Crippen LogP contribution in [0.15, 0.2) is 42.5 Å². The predicted molar refractivity (Wildman–Crippen MR) is 72.7 cm³/mol. The molecule has 2 N–H and O–H groups in total. The number of benzene rings is 2. The van der Waals surface area contributed by atoms with Gasteiger partial charge in [0.1, 0.15) is 0 Å². The maximum Gasteiger partial charge on any atom is 0.176 e. The highest BCUT2D eigenvalue weighted by molar-refractivity contribution is 7.25. The van der Waals surface area contributed by atoms with E-state index in [1.54, 1.807) is 11.3 Å². The molecule has 0 saturated carbocycles. The van der Waals surface area contributed by atoms with Crippen molar-refractivity contribution < 1.29 is 4.79 Å². The lowest BCUT2D eigenvalue weighted by Crippen LogP contribution is -2.13. The molecule has 0 spiro atoms. The number of hydrogen-bond acceptors (Lipinski definition) is 3. The van der Waals surface area contributed by atoms with Gasteiger partial charge in [-0.25, -0.2) is 0 Å². The van der Waals surface area contributed by atoms with E-state index in [0.29, 0.717) is 5.56 Å². The number of nitrogens with two attached hydrogens (primary N) is 1. The lowest BCUT2D eigenvalue weighted by atomic mass is 10.1. The maximum atomic E-state index is 11.6. The molecule has 0 amide bonds. The van der Waals surface area contributed by atoms with E-state index in [1.807, 2.05) is 30.3 Å². The average molecular weight is 241 g/mol. The highest BCUT2D eigenvalue weighted by Gasteiger charge is 2.08. The zero-order valence-corrected chi connectivity index (χ0v) is 9.96. The van der Waals surface area contributed by atoms with Gasteiger partial charge in [-0.1, -0.05) is 18.2 Å². The van der Waals surface area contributed by atoms with E-state index < -0.39 is 0 Å². The van der Waals surface area contributed by atoms with E-state index in [4.69, 9.17) is 5.73 Å². The van der Waals surface area contributed by atoms with E-state index in [2.05, 4.69) is 12.1 Å². The SMILES string of the molecule is NCC(=O)c1ccc2sc3ccccc3c2c1. The minimum absolute atomic E-state index is 0.0119. The molecule has 0 aliphatic heterocycles. The average Bonchev–Trinajstić information content (AvgIpc) is 2.75. The van der Waals surface area contributed by atoms with Crippen LogP contribution in [0.25, 0.3) is 20.2 Å². The molecular weight excluding hydrogens is 230 g/mol. The molecule has 0 aliphatic carbocycles. The molecule has 0 unspecified atom stereocenters. The van der Waals surface area contributed by atoms with Gasteiger partial charge in [0, 0.05) is 25.7 Å². The van der Waals surface area contributed by atoms with Crippen molar-refractivity contribution in [2.45, 2.75) is 0 Å².